The third-order valence-electron chi connectivity index (χ3n) is 3.58. The molecule has 2 fully saturated rings. The van der Waals surface area contributed by atoms with E-state index in [0.717, 1.165) is 25.7 Å². The van der Waals surface area contributed by atoms with Gasteiger partial charge in [-0.3, -0.25) is 9.59 Å². The van der Waals surface area contributed by atoms with Crippen LogP contribution in [0.4, 0.5) is 0 Å². The van der Waals surface area contributed by atoms with Crippen molar-refractivity contribution in [3.63, 3.8) is 0 Å². The number of ketones is 2. The van der Waals surface area contributed by atoms with Gasteiger partial charge in [0.25, 0.3) is 0 Å². The maximum atomic E-state index is 11.8. The van der Waals surface area contributed by atoms with E-state index in [4.69, 9.17) is 0 Å². The lowest BCUT2D eigenvalue weighted by atomic mass is 9.93. The Labute approximate surface area is 78.7 Å². The van der Waals surface area contributed by atoms with Crippen molar-refractivity contribution in [2.45, 2.75) is 45.4 Å². The maximum Gasteiger partial charge on any atom is 0.146 e. The van der Waals surface area contributed by atoms with E-state index in [1.165, 1.54) is 0 Å². The molecule has 0 spiro atoms. The molecule has 0 aromatic rings. The van der Waals surface area contributed by atoms with Gasteiger partial charge in [0.1, 0.15) is 11.6 Å². The van der Waals surface area contributed by atoms with Crippen molar-refractivity contribution in [1.82, 2.24) is 0 Å². The van der Waals surface area contributed by atoms with Crippen molar-refractivity contribution in [1.29, 1.82) is 0 Å². The Morgan fingerprint density at radius 3 is 2.85 bits per heavy atom. The number of Topliss-reactive ketones (excluding diaryl/α,β-unsaturated/α-hetero) is 2. The highest BCUT2D eigenvalue weighted by Crippen LogP contribution is 2.62. The zero-order chi connectivity index (χ0) is 9.47. The van der Waals surface area contributed by atoms with Gasteiger partial charge in [0, 0.05) is 12.8 Å². The number of unbranched alkanes of at least 4 members (excludes halogenated alkanes) is 1. The fraction of sp³-hybridized carbons (Fsp3) is 0.818. The summed E-state index contributed by atoms with van der Waals surface area (Å²) in [4.78, 5) is 23.3. The summed E-state index contributed by atoms with van der Waals surface area (Å²) in [6, 6.07) is 0. The van der Waals surface area contributed by atoms with Gasteiger partial charge in [-0.25, -0.2) is 0 Å². The first-order valence-corrected chi connectivity index (χ1v) is 5.28. The second kappa shape index (κ2) is 2.93. The van der Waals surface area contributed by atoms with Gasteiger partial charge in [0.15, 0.2) is 0 Å². The van der Waals surface area contributed by atoms with Gasteiger partial charge in [-0.2, -0.15) is 0 Å². The molecule has 0 heterocycles. The predicted molar refractivity (Wildman–Crippen MR) is 49.3 cm³/mol. The average Bonchev–Trinajstić information content (AvgIpc) is 2.79. The molecule has 2 heteroatoms. The fourth-order valence-corrected chi connectivity index (χ4v) is 2.61. The molecule has 2 nitrogen and oxygen atoms in total. The van der Waals surface area contributed by atoms with Crippen molar-refractivity contribution >= 4 is 11.6 Å². The second-order valence-electron chi connectivity index (χ2n) is 4.36. The van der Waals surface area contributed by atoms with E-state index in [9.17, 15) is 9.59 Å². The molecule has 0 aliphatic heterocycles. The number of rotatable bonds is 4. The lowest BCUT2D eigenvalue weighted by molar-refractivity contribution is -0.133. The van der Waals surface area contributed by atoms with E-state index in [1.807, 2.05) is 0 Å². The quantitative estimate of drug-likeness (QED) is 0.621. The van der Waals surface area contributed by atoms with Gasteiger partial charge in [0.2, 0.25) is 0 Å². The molecule has 0 bridgehead atoms. The molecule has 2 aliphatic carbocycles. The van der Waals surface area contributed by atoms with E-state index in [-0.39, 0.29) is 11.6 Å². The van der Waals surface area contributed by atoms with Crippen LogP contribution < -0.4 is 0 Å². The van der Waals surface area contributed by atoms with Gasteiger partial charge in [0.05, 0.1) is 5.41 Å². The fourth-order valence-electron chi connectivity index (χ4n) is 2.61. The lowest BCUT2D eigenvalue weighted by Gasteiger charge is -2.08. The van der Waals surface area contributed by atoms with Crippen LogP contribution in [-0.2, 0) is 9.59 Å². The SMILES string of the molecule is CCCCC(=O)C12CC1CCC2=O. The third-order valence-corrected chi connectivity index (χ3v) is 3.58. The highest BCUT2D eigenvalue weighted by Gasteiger charge is 2.66. The zero-order valence-electron chi connectivity index (χ0n) is 8.14. The van der Waals surface area contributed by atoms with Gasteiger partial charge < -0.3 is 0 Å². The molecular weight excluding hydrogens is 164 g/mol. The Hall–Kier alpha value is -0.660. The first-order chi connectivity index (χ1) is 6.21. The Morgan fingerprint density at radius 2 is 2.38 bits per heavy atom. The Bertz CT molecular complexity index is 257. The minimum absolute atomic E-state index is 0.235. The van der Waals surface area contributed by atoms with Crippen LogP contribution in [0.15, 0.2) is 0 Å². The first-order valence-electron chi connectivity index (χ1n) is 5.28. The molecule has 2 saturated carbocycles. The van der Waals surface area contributed by atoms with Crippen molar-refractivity contribution in [3.05, 3.63) is 0 Å². The molecule has 0 amide bonds. The highest BCUT2D eigenvalue weighted by atomic mass is 16.2. The molecule has 72 valence electrons. The molecule has 0 radical (unpaired) electrons. The topological polar surface area (TPSA) is 34.1 Å². The molecule has 0 aromatic heterocycles. The van der Waals surface area contributed by atoms with Crippen LogP contribution in [0.25, 0.3) is 0 Å². The van der Waals surface area contributed by atoms with Gasteiger partial charge >= 0.3 is 0 Å². The average molecular weight is 180 g/mol. The molecular formula is C11H16O2. The molecule has 2 aliphatic rings. The Balaban J connectivity index is 2.01. The summed E-state index contributed by atoms with van der Waals surface area (Å²) >= 11 is 0. The second-order valence-corrected chi connectivity index (χ2v) is 4.36. The van der Waals surface area contributed by atoms with Gasteiger partial charge in [-0.15, -0.1) is 0 Å². The smallest absolute Gasteiger partial charge is 0.146 e. The van der Waals surface area contributed by atoms with Crippen molar-refractivity contribution in [2.75, 3.05) is 0 Å². The van der Waals surface area contributed by atoms with Crippen molar-refractivity contribution in [3.8, 4) is 0 Å². The van der Waals surface area contributed by atoms with E-state index in [1.54, 1.807) is 0 Å². The minimum Gasteiger partial charge on any atom is -0.299 e. The molecule has 13 heavy (non-hydrogen) atoms. The van der Waals surface area contributed by atoms with Crippen molar-refractivity contribution in [2.24, 2.45) is 11.3 Å². The summed E-state index contributed by atoms with van der Waals surface area (Å²) in [6.45, 7) is 2.08. The van der Waals surface area contributed by atoms with Crippen LogP contribution in [0.2, 0.25) is 0 Å². The summed E-state index contributed by atoms with van der Waals surface area (Å²) in [7, 11) is 0. The first kappa shape index (κ1) is 8.92. The van der Waals surface area contributed by atoms with E-state index in [0.29, 0.717) is 18.8 Å². The maximum absolute atomic E-state index is 11.8. The summed E-state index contributed by atoms with van der Waals surface area (Å²) in [5, 5.41) is 0. The molecule has 2 rings (SSSR count). The van der Waals surface area contributed by atoms with E-state index < -0.39 is 5.41 Å². The molecule has 0 N–H and O–H groups in total. The summed E-state index contributed by atoms with van der Waals surface area (Å²) in [5.41, 5.74) is -0.449. The van der Waals surface area contributed by atoms with Gasteiger partial charge in [-0.05, 0) is 25.2 Å². The Kier molecular flexibility index (Phi) is 2.01. The van der Waals surface area contributed by atoms with Crippen LogP contribution in [0.1, 0.15) is 45.4 Å². The van der Waals surface area contributed by atoms with E-state index in [2.05, 4.69) is 6.92 Å². The summed E-state index contributed by atoms with van der Waals surface area (Å²) < 4.78 is 0. The highest BCUT2D eigenvalue weighted by molar-refractivity contribution is 6.11. The van der Waals surface area contributed by atoms with Crippen LogP contribution in [0, 0.1) is 11.3 Å². The molecule has 2 unspecified atom stereocenters. The molecule has 0 aromatic carbocycles. The third kappa shape index (κ3) is 1.15. The predicted octanol–water partition coefficient (Wildman–Crippen LogP) is 2.11. The number of carbonyl (C=O) groups excluding carboxylic acids is 2. The monoisotopic (exact) mass is 180 g/mol. The minimum atomic E-state index is -0.449. The van der Waals surface area contributed by atoms with Crippen molar-refractivity contribution < 1.29 is 9.59 Å². The number of hydrogen-bond acceptors (Lipinski definition) is 2. The van der Waals surface area contributed by atoms with Crippen LogP contribution in [-0.4, -0.2) is 11.6 Å². The number of hydrogen-bond donors (Lipinski definition) is 0. The van der Waals surface area contributed by atoms with Gasteiger partial charge in [-0.1, -0.05) is 13.3 Å². The largest absolute Gasteiger partial charge is 0.299 e. The summed E-state index contributed by atoms with van der Waals surface area (Å²) in [6.07, 6.45) is 5.10. The van der Waals surface area contributed by atoms with E-state index >= 15 is 0 Å². The zero-order valence-corrected chi connectivity index (χ0v) is 8.14. The number of fused-ring (bicyclic) bond motifs is 1. The Morgan fingerprint density at radius 1 is 1.62 bits per heavy atom. The normalized spacial score (nSPS) is 36.1. The molecule has 0 saturated heterocycles. The lowest BCUT2D eigenvalue weighted by Crippen LogP contribution is -2.23. The number of carbonyl (C=O) groups is 2. The van der Waals surface area contributed by atoms with Crippen LogP contribution in [0.3, 0.4) is 0 Å². The summed E-state index contributed by atoms with van der Waals surface area (Å²) in [5.74, 6) is 0.907. The van der Waals surface area contributed by atoms with Crippen LogP contribution in [0.5, 0.6) is 0 Å². The molecule has 2 atom stereocenters. The standard InChI is InChI=1S/C11H16O2/c1-2-3-4-9(12)11-7-8(11)5-6-10(11)13/h8H,2-7H2,1H3. The van der Waals surface area contributed by atoms with Crippen LogP contribution >= 0.6 is 0 Å².